The van der Waals surface area contributed by atoms with E-state index in [2.05, 4.69) is 47.5 Å². The van der Waals surface area contributed by atoms with Crippen molar-refractivity contribution in [2.24, 2.45) is 5.92 Å². The van der Waals surface area contributed by atoms with Crippen LogP contribution in [0.4, 0.5) is 0 Å². The number of rotatable bonds is 9. The number of pyridine rings is 1. The normalized spacial score (nSPS) is 15.6. The Morgan fingerprint density at radius 3 is 2.58 bits per heavy atom. The van der Waals surface area contributed by atoms with E-state index in [4.69, 9.17) is 9.84 Å². The van der Waals surface area contributed by atoms with E-state index in [1.54, 1.807) is 19.4 Å². The smallest absolute Gasteiger partial charge is 0.272 e. The SMILES string of the molecule is CCn1nc(C)c(CN2CCC([C@H](Cc3cccc(OC)c3)N(C)C(=O)c3ccccn3)CC2)c1C. The number of aromatic nitrogens is 3. The molecule has 36 heavy (non-hydrogen) atoms. The van der Waals surface area contributed by atoms with Crippen molar-refractivity contribution in [2.75, 3.05) is 27.2 Å². The standard InChI is InChI=1S/C29H39N5O2/c1-6-34-22(3)26(21(2)31-34)20-33-16-13-24(14-17-33)28(19-23-10-9-11-25(18-23)36-5)32(4)29(35)27-12-7-8-15-30-27/h7-12,15,18,24,28H,6,13-14,16-17,19-20H2,1-5H3/t28-/m0/s1. The first-order valence-corrected chi connectivity index (χ1v) is 13.0. The second kappa shape index (κ2) is 11.7. The Balaban J connectivity index is 1.49. The Bertz CT molecular complexity index is 1150. The number of carbonyl (C=O) groups is 1. The third-order valence-electron chi connectivity index (χ3n) is 7.67. The molecular weight excluding hydrogens is 450 g/mol. The van der Waals surface area contributed by atoms with Crippen LogP contribution in [-0.2, 0) is 19.5 Å². The third kappa shape index (κ3) is 5.78. The fraction of sp³-hybridized carbons (Fsp3) is 0.483. The predicted octanol–water partition coefficient (Wildman–Crippen LogP) is 4.52. The topological polar surface area (TPSA) is 63.5 Å². The number of ether oxygens (including phenoxy) is 1. The van der Waals surface area contributed by atoms with Gasteiger partial charge < -0.3 is 9.64 Å². The van der Waals surface area contributed by atoms with Gasteiger partial charge in [0.1, 0.15) is 11.4 Å². The van der Waals surface area contributed by atoms with Crippen LogP contribution in [0.2, 0.25) is 0 Å². The van der Waals surface area contributed by atoms with E-state index in [0.29, 0.717) is 11.6 Å². The summed E-state index contributed by atoms with van der Waals surface area (Å²) in [6.07, 6.45) is 4.57. The molecule has 0 N–H and O–H groups in total. The number of hydrogen-bond acceptors (Lipinski definition) is 5. The lowest BCUT2D eigenvalue weighted by Crippen LogP contribution is -2.47. The van der Waals surface area contributed by atoms with Gasteiger partial charge in [-0.3, -0.25) is 19.4 Å². The number of hydrogen-bond donors (Lipinski definition) is 0. The van der Waals surface area contributed by atoms with Crippen LogP contribution in [0.15, 0.2) is 48.7 Å². The highest BCUT2D eigenvalue weighted by molar-refractivity contribution is 5.92. The molecule has 4 rings (SSSR count). The Hall–Kier alpha value is -3.19. The molecule has 1 aromatic carbocycles. The molecule has 7 heteroatoms. The van der Waals surface area contributed by atoms with Crippen LogP contribution in [0.5, 0.6) is 5.75 Å². The number of carbonyl (C=O) groups excluding carboxylic acids is 1. The zero-order valence-corrected chi connectivity index (χ0v) is 22.3. The molecule has 0 aliphatic carbocycles. The maximum atomic E-state index is 13.4. The number of likely N-dealkylation sites (tertiary alicyclic amines) is 1. The number of likely N-dealkylation sites (N-methyl/N-ethyl adjacent to an activating group) is 1. The number of piperidine rings is 1. The quantitative estimate of drug-likeness (QED) is 0.442. The maximum Gasteiger partial charge on any atom is 0.272 e. The van der Waals surface area contributed by atoms with Gasteiger partial charge in [-0.1, -0.05) is 18.2 Å². The molecular formula is C29H39N5O2. The highest BCUT2D eigenvalue weighted by atomic mass is 16.5. The second-order valence-corrected chi connectivity index (χ2v) is 9.83. The molecule has 1 amide bonds. The summed E-state index contributed by atoms with van der Waals surface area (Å²) in [7, 11) is 3.62. The number of benzene rings is 1. The fourth-order valence-electron chi connectivity index (χ4n) is 5.47. The van der Waals surface area contributed by atoms with Crippen LogP contribution in [0.1, 0.15) is 52.8 Å². The maximum absolute atomic E-state index is 13.4. The third-order valence-corrected chi connectivity index (χ3v) is 7.67. The van der Waals surface area contributed by atoms with Crippen molar-refractivity contribution in [3.8, 4) is 5.75 Å². The summed E-state index contributed by atoms with van der Waals surface area (Å²) in [6.45, 7) is 10.3. The molecule has 0 saturated carbocycles. The van der Waals surface area contributed by atoms with Gasteiger partial charge in [0.2, 0.25) is 0 Å². The second-order valence-electron chi connectivity index (χ2n) is 9.83. The number of aryl methyl sites for hydroxylation is 2. The average Bonchev–Trinajstić information content (AvgIpc) is 3.19. The van der Waals surface area contributed by atoms with Gasteiger partial charge in [-0.2, -0.15) is 5.10 Å². The highest BCUT2D eigenvalue weighted by Gasteiger charge is 2.32. The molecule has 1 aliphatic rings. The molecule has 1 atom stereocenters. The van der Waals surface area contributed by atoms with E-state index in [1.807, 2.05) is 36.2 Å². The Morgan fingerprint density at radius 1 is 1.17 bits per heavy atom. The lowest BCUT2D eigenvalue weighted by molar-refractivity contribution is 0.0579. The molecule has 2 aromatic heterocycles. The van der Waals surface area contributed by atoms with Crippen molar-refractivity contribution in [3.63, 3.8) is 0 Å². The number of amides is 1. The van der Waals surface area contributed by atoms with Crippen LogP contribution in [0.3, 0.4) is 0 Å². The first kappa shape index (κ1) is 25.9. The van der Waals surface area contributed by atoms with Crippen molar-refractivity contribution >= 4 is 5.91 Å². The Labute approximate surface area is 215 Å². The van der Waals surface area contributed by atoms with Crippen LogP contribution < -0.4 is 4.74 Å². The molecule has 0 unspecified atom stereocenters. The van der Waals surface area contributed by atoms with Gasteiger partial charge in [0, 0.05) is 43.6 Å². The first-order valence-electron chi connectivity index (χ1n) is 13.0. The zero-order valence-electron chi connectivity index (χ0n) is 22.3. The van der Waals surface area contributed by atoms with E-state index in [0.717, 1.165) is 56.9 Å². The highest BCUT2D eigenvalue weighted by Crippen LogP contribution is 2.29. The minimum atomic E-state index is -0.0239. The number of nitrogens with zero attached hydrogens (tertiary/aromatic N) is 5. The van der Waals surface area contributed by atoms with Crippen molar-refractivity contribution in [2.45, 2.75) is 59.2 Å². The minimum Gasteiger partial charge on any atom is -0.497 e. The lowest BCUT2D eigenvalue weighted by Gasteiger charge is -2.40. The van der Waals surface area contributed by atoms with Gasteiger partial charge in [0.25, 0.3) is 5.91 Å². The Morgan fingerprint density at radius 2 is 1.94 bits per heavy atom. The van der Waals surface area contributed by atoms with Crippen LogP contribution in [-0.4, -0.2) is 63.8 Å². The molecule has 3 aromatic rings. The molecule has 7 nitrogen and oxygen atoms in total. The van der Waals surface area contributed by atoms with E-state index in [9.17, 15) is 4.79 Å². The van der Waals surface area contributed by atoms with E-state index in [1.165, 1.54) is 16.8 Å². The van der Waals surface area contributed by atoms with Crippen LogP contribution in [0.25, 0.3) is 0 Å². The summed E-state index contributed by atoms with van der Waals surface area (Å²) >= 11 is 0. The molecule has 1 fully saturated rings. The summed E-state index contributed by atoms with van der Waals surface area (Å²) < 4.78 is 7.55. The Kier molecular flexibility index (Phi) is 8.41. The van der Waals surface area contributed by atoms with Gasteiger partial charge in [0.05, 0.1) is 12.8 Å². The first-order chi connectivity index (χ1) is 17.4. The molecule has 1 saturated heterocycles. The summed E-state index contributed by atoms with van der Waals surface area (Å²) in [5.74, 6) is 1.23. The summed E-state index contributed by atoms with van der Waals surface area (Å²) in [6, 6.07) is 13.8. The van der Waals surface area contributed by atoms with E-state index < -0.39 is 0 Å². The molecule has 192 valence electrons. The molecule has 0 radical (unpaired) electrons. The largest absolute Gasteiger partial charge is 0.497 e. The van der Waals surface area contributed by atoms with Crippen molar-refractivity contribution < 1.29 is 9.53 Å². The van der Waals surface area contributed by atoms with E-state index in [-0.39, 0.29) is 11.9 Å². The molecule has 3 heterocycles. The molecule has 0 spiro atoms. The summed E-state index contributed by atoms with van der Waals surface area (Å²) in [4.78, 5) is 22.1. The number of methoxy groups -OCH3 is 1. The average molecular weight is 490 g/mol. The van der Waals surface area contributed by atoms with Crippen molar-refractivity contribution in [3.05, 3.63) is 76.9 Å². The van der Waals surface area contributed by atoms with Gasteiger partial charge in [-0.15, -0.1) is 0 Å². The van der Waals surface area contributed by atoms with Crippen LogP contribution >= 0.6 is 0 Å². The van der Waals surface area contributed by atoms with Gasteiger partial charge in [-0.25, -0.2) is 0 Å². The van der Waals surface area contributed by atoms with Crippen molar-refractivity contribution in [1.29, 1.82) is 0 Å². The zero-order chi connectivity index (χ0) is 25.7. The van der Waals surface area contributed by atoms with Gasteiger partial charge in [0.15, 0.2) is 0 Å². The molecule has 0 bridgehead atoms. The predicted molar refractivity (Wildman–Crippen MR) is 142 cm³/mol. The molecule has 1 aliphatic heterocycles. The fourth-order valence-corrected chi connectivity index (χ4v) is 5.47. The van der Waals surface area contributed by atoms with Gasteiger partial charge >= 0.3 is 0 Å². The van der Waals surface area contributed by atoms with E-state index >= 15 is 0 Å². The van der Waals surface area contributed by atoms with Crippen molar-refractivity contribution in [1.82, 2.24) is 24.6 Å². The lowest BCUT2D eigenvalue weighted by atomic mass is 9.84. The summed E-state index contributed by atoms with van der Waals surface area (Å²) in [5.41, 5.74) is 5.43. The van der Waals surface area contributed by atoms with Crippen LogP contribution in [0, 0.1) is 19.8 Å². The monoisotopic (exact) mass is 489 g/mol. The minimum absolute atomic E-state index is 0.0239. The summed E-state index contributed by atoms with van der Waals surface area (Å²) in [5, 5.41) is 4.70. The van der Waals surface area contributed by atoms with Gasteiger partial charge in [-0.05, 0) is 88.9 Å².